The second-order valence-corrected chi connectivity index (χ2v) is 2.25. The van der Waals surface area contributed by atoms with Gasteiger partial charge in [0.05, 0.1) is 0 Å². The zero-order chi connectivity index (χ0) is 5.40. The Morgan fingerprint density at radius 3 is 2.10 bits per heavy atom. The van der Waals surface area contributed by atoms with Gasteiger partial charge in [-0.25, -0.2) is 0 Å². The molecule has 1 aromatic rings. The Hall–Kier alpha value is -0.700. The SMILES string of the molecule is C.C.c1scc2c1OCO2. The van der Waals surface area contributed by atoms with E-state index in [9.17, 15) is 0 Å². The van der Waals surface area contributed by atoms with E-state index >= 15 is 0 Å². The average molecular weight is 160 g/mol. The topological polar surface area (TPSA) is 18.5 Å². The van der Waals surface area contributed by atoms with Crippen molar-refractivity contribution in [3.8, 4) is 11.5 Å². The Bertz CT molecular complexity index is 177. The second-order valence-electron chi connectivity index (χ2n) is 1.51. The molecular formula is C7H12O2S. The van der Waals surface area contributed by atoms with Gasteiger partial charge in [-0.05, 0) is 0 Å². The Morgan fingerprint density at radius 2 is 1.60 bits per heavy atom. The summed E-state index contributed by atoms with van der Waals surface area (Å²) in [5.74, 6) is 1.77. The van der Waals surface area contributed by atoms with Crippen LogP contribution in [0.3, 0.4) is 0 Å². The van der Waals surface area contributed by atoms with Crippen molar-refractivity contribution in [3.63, 3.8) is 0 Å². The number of hydrogen-bond donors (Lipinski definition) is 0. The normalized spacial score (nSPS) is 11.6. The van der Waals surface area contributed by atoms with Crippen LogP contribution in [0, 0.1) is 0 Å². The highest BCUT2D eigenvalue weighted by molar-refractivity contribution is 7.08. The molecule has 0 amide bonds. The highest BCUT2D eigenvalue weighted by Gasteiger charge is 2.11. The molecule has 0 fully saturated rings. The van der Waals surface area contributed by atoms with E-state index in [0.29, 0.717) is 6.79 Å². The minimum absolute atomic E-state index is 0. The molecule has 0 spiro atoms. The lowest BCUT2D eigenvalue weighted by Crippen LogP contribution is -1.93. The first kappa shape index (κ1) is 9.30. The minimum Gasteiger partial charge on any atom is -0.453 e. The third-order valence-electron chi connectivity index (χ3n) is 1.02. The van der Waals surface area contributed by atoms with Crippen molar-refractivity contribution in [1.82, 2.24) is 0 Å². The van der Waals surface area contributed by atoms with Crippen molar-refractivity contribution >= 4 is 11.3 Å². The van der Waals surface area contributed by atoms with Crippen molar-refractivity contribution in [2.24, 2.45) is 0 Å². The fraction of sp³-hybridized carbons (Fsp3) is 0.429. The maximum Gasteiger partial charge on any atom is 0.231 e. The highest BCUT2D eigenvalue weighted by Crippen LogP contribution is 2.34. The summed E-state index contributed by atoms with van der Waals surface area (Å²) in [5.41, 5.74) is 0. The van der Waals surface area contributed by atoms with Crippen molar-refractivity contribution in [3.05, 3.63) is 10.8 Å². The van der Waals surface area contributed by atoms with Gasteiger partial charge in [-0.1, -0.05) is 14.9 Å². The molecule has 2 rings (SSSR count). The summed E-state index contributed by atoms with van der Waals surface area (Å²) < 4.78 is 10.1. The molecule has 0 unspecified atom stereocenters. The van der Waals surface area contributed by atoms with Crippen LogP contribution in [0.2, 0.25) is 0 Å². The summed E-state index contributed by atoms with van der Waals surface area (Å²) in [6.45, 7) is 0.387. The lowest BCUT2D eigenvalue weighted by molar-refractivity contribution is 0.174. The van der Waals surface area contributed by atoms with Gasteiger partial charge >= 0.3 is 0 Å². The number of fused-ring (bicyclic) bond motifs is 1. The van der Waals surface area contributed by atoms with Crippen LogP contribution < -0.4 is 9.47 Å². The number of hydrogen-bond acceptors (Lipinski definition) is 3. The molecule has 0 atom stereocenters. The molecule has 58 valence electrons. The molecule has 0 radical (unpaired) electrons. The Morgan fingerprint density at radius 1 is 1.10 bits per heavy atom. The summed E-state index contributed by atoms with van der Waals surface area (Å²) >= 11 is 1.59. The quantitative estimate of drug-likeness (QED) is 0.581. The maximum atomic E-state index is 5.03. The fourth-order valence-electron chi connectivity index (χ4n) is 0.641. The molecule has 0 saturated carbocycles. The Kier molecular flexibility index (Phi) is 3.22. The summed E-state index contributed by atoms with van der Waals surface area (Å²) in [6, 6.07) is 0. The van der Waals surface area contributed by atoms with Gasteiger partial charge < -0.3 is 9.47 Å². The first-order valence-corrected chi connectivity index (χ1v) is 3.23. The predicted octanol–water partition coefficient (Wildman–Crippen LogP) is 2.75. The minimum atomic E-state index is 0. The zero-order valence-electron chi connectivity index (χ0n) is 4.09. The highest BCUT2D eigenvalue weighted by atomic mass is 32.1. The molecule has 10 heavy (non-hydrogen) atoms. The van der Waals surface area contributed by atoms with Crippen LogP contribution >= 0.6 is 11.3 Å². The molecule has 0 saturated heterocycles. The smallest absolute Gasteiger partial charge is 0.231 e. The largest absolute Gasteiger partial charge is 0.453 e. The van der Waals surface area contributed by atoms with E-state index in [1.54, 1.807) is 11.3 Å². The van der Waals surface area contributed by atoms with E-state index in [-0.39, 0.29) is 14.9 Å². The van der Waals surface area contributed by atoms with Gasteiger partial charge in [0.15, 0.2) is 11.5 Å². The van der Waals surface area contributed by atoms with Gasteiger partial charge in [0, 0.05) is 10.8 Å². The molecule has 2 heterocycles. The monoisotopic (exact) mass is 160 g/mol. The summed E-state index contributed by atoms with van der Waals surface area (Å²) in [6.07, 6.45) is 0. The zero-order valence-corrected chi connectivity index (χ0v) is 4.90. The lowest BCUT2D eigenvalue weighted by Gasteiger charge is -1.85. The molecule has 1 aromatic heterocycles. The van der Waals surface area contributed by atoms with Gasteiger partial charge in [0.1, 0.15) is 0 Å². The van der Waals surface area contributed by atoms with E-state index in [2.05, 4.69) is 0 Å². The lowest BCUT2D eigenvalue weighted by atomic mass is 10.6. The van der Waals surface area contributed by atoms with E-state index in [1.165, 1.54) is 0 Å². The van der Waals surface area contributed by atoms with Crippen LogP contribution in [-0.2, 0) is 0 Å². The van der Waals surface area contributed by atoms with E-state index in [1.807, 2.05) is 10.8 Å². The molecule has 0 bridgehead atoms. The number of ether oxygens (including phenoxy) is 2. The third-order valence-corrected chi connectivity index (χ3v) is 1.72. The molecule has 1 aliphatic heterocycles. The number of thiophene rings is 1. The van der Waals surface area contributed by atoms with Crippen LogP contribution in [-0.4, -0.2) is 6.79 Å². The van der Waals surface area contributed by atoms with Crippen molar-refractivity contribution in [2.75, 3.05) is 6.79 Å². The van der Waals surface area contributed by atoms with E-state index < -0.39 is 0 Å². The van der Waals surface area contributed by atoms with E-state index in [0.717, 1.165) is 11.5 Å². The van der Waals surface area contributed by atoms with Gasteiger partial charge in [-0.3, -0.25) is 0 Å². The second kappa shape index (κ2) is 3.46. The van der Waals surface area contributed by atoms with Gasteiger partial charge in [-0.15, -0.1) is 11.3 Å². The van der Waals surface area contributed by atoms with Crippen LogP contribution in [0.25, 0.3) is 0 Å². The summed E-state index contributed by atoms with van der Waals surface area (Å²) in [5, 5.41) is 3.87. The van der Waals surface area contributed by atoms with E-state index in [4.69, 9.17) is 9.47 Å². The summed E-state index contributed by atoms with van der Waals surface area (Å²) in [4.78, 5) is 0. The van der Waals surface area contributed by atoms with Crippen molar-refractivity contribution < 1.29 is 9.47 Å². The first-order chi connectivity index (χ1) is 3.97. The molecular weight excluding hydrogens is 148 g/mol. The molecule has 0 N–H and O–H groups in total. The van der Waals surface area contributed by atoms with Gasteiger partial charge in [0.2, 0.25) is 6.79 Å². The van der Waals surface area contributed by atoms with Crippen LogP contribution in [0.4, 0.5) is 0 Å². The van der Waals surface area contributed by atoms with Crippen LogP contribution in [0.1, 0.15) is 14.9 Å². The summed E-state index contributed by atoms with van der Waals surface area (Å²) in [7, 11) is 0. The van der Waals surface area contributed by atoms with Gasteiger partial charge in [0.25, 0.3) is 0 Å². The molecule has 0 aromatic carbocycles. The first-order valence-electron chi connectivity index (χ1n) is 2.28. The molecule has 1 aliphatic rings. The van der Waals surface area contributed by atoms with Crippen molar-refractivity contribution in [1.29, 1.82) is 0 Å². The fourth-order valence-corrected chi connectivity index (χ4v) is 1.32. The average Bonchev–Trinajstić information content (AvgIpc) is 2.15. The molecule has 0 aliphatic carbocycles. The number of rotatable bonds is 0. The maximum absolute atomic E-state index is 5.03. The third kappa shape index (κ3) is 1.24. The van der Waals surface area contributed by atoms with Crippen molar-refractivity contribution in [2.45, 2.75) is 14.9 Å². The van der Waals surface area contributed by atoms with Crippen LogP contribution in [0.5, 0.6) is 11.5 Å². The Balaban J connectivity index is 0.000000405. The Labute approximate surface area is 65.4 Å². The predicted molar refractivity (Wildman–Crippen MR) is 43.9 cm³/mol. The standard InChI is InChI=1S/C5H4O2S.2CH4/c1-4-5(2-8-1)7-3-6-4;;/h1-2H,3H2;2*1H4. The molecule has 3 heteroatoms. The molecule has 2 nitrogen and oxygen atoms in total. The van der Waals surface area contributed by atoms with Gasteiger partial charge in [-0.2, -0.15) is 0 Å². The van der Waals surface area contributed by atoms with Crippen LogP contribution in [0.15, 0.2) is 10.8 Å².